The SMILES string of the molecule is CC(=O)O[C@H]1C[C@H]2[C@@]3(C)CCCC(C)(C)[C@H]3CC[C@@]2(C)[C@@H]2CC=C(C(C)=O)[C@@H]3[C@H](O)C[C@@]132. The van der Waals surface area contributed by atoms with Gasteiger partial charge in [-0.2, -0.15) is 0 Å². The van der Waals surface area contributed by atoms with Crippen molar-refractivity contribution < 1.29 is 19.4 Å². The van der Waals surface area contributed by atoms with Crippen molar-refractivity contribution in [2.75, 3.05) is 0 Å². The van der Waals surface area contributed by atoms with Crippen molar-refractivity contribution in [2.24, 2.45) is 45.3 Å². The van der Waals surface area contributed by atoms with Crippen LogP contribution in [0.15, 0.2) is 11.6 Å². The largest absolute Gasteiger partial charge is 0.462 e. The van der Waals surface area contributed by atoms with Gasteiger partial charge in [-0.15, -0.1) is 0 Å². The summed E-state index contributed by atoms with van der Waals surface area (Å²) in [5, 5.41) is 10.9. The van der Waals surface area contributed by atoms with Crippen LogP contribution in [0.3, 0.4) is 0 Å². The molecule has 1 spiro atoms. The number of hydrogen-bond donors (Lipinski definition) is 1. The number of carbonyl (C=O) groups excluding carboxylic acids is 2. The van der Waals surface area contributed by atoms with Crippen molar-refractivity contribution in [3.05, 3.63) is 11.6 Å². The Morgan fingerprint density at radius 2 is 1.69 bits per heavy atom. The van der Waals surface area contributed by atoms with Gasteiger partial charge in [0, 0.05) is 18.3 Å². The second kappa shape index (κ2) is 6.93. The van der Waals surface area contributed by atoms with Gasteiger partial charge in [-0.3, -0.25) is 9.59 Å². The second-order valence-electron chi connectivity index (χ2n) is 13.2. The van der Waals surface area contributed by atoms with Gasteiger partial charge in [0.15, 0.2) is 5.78 Å². The molecule has 0 saturated heterocycles. The molecule has 5 aliphatic rings. The van der Waals surface area contributed by atoms with Gasteiger partial charge in [0.25, 0.3) is 0 Å². The summed E-state index contributed by atoms with van der Waals surface area (Å²) in [6.07, 6.45) is 10.1. The molecule has 9 atom stereocenters. The highest BCUT2D eigenvalue weighted by atomic mass is 16.5. The van der Waals surface area contributed by atoms with Gasteiger partial charge in [0.1, 0.15) is 6.10 Å². The number of rotatable bonds is 2. The molecule has 0 heterocycles. The fourth-order valence-electron chi connectivity index (χ4n) is 10.5. The van der Waals surface area contributed by atoms with Crippen LogP contribution in [0.4, 0.5) is 0 Å². The first kappa shape index (κ1) is 22.6. The van der Waals surface area contributed by atoms with Gasteiger partial charge in [-0.05, 0) is 91.4 Å². The van der Waals surface area contributed by atoms with Gasteiger partial charge >= 0.3 is 5.97 Å². The molecular formula is C28H42O4. The minimum atomic E-state index is -0.508. The van der Waals surface area contributed by atoms with E-state index >= 15 is 0 Å². The molecule has 0 aromatic heterocycles. The topological polar surface area (TPSA) is 63.6 Å². The normalized spacial score (nSPS) is 51.0. The van der Waals surface area contributed by atoms with Gasteiger partial charge < -0.3 is 9.84 Å². The number of allylic oxidation sites excluding steroid dienone is 1. The standard InChI is InChI=1S/C28H42O4/c1-16(29)18-8-9-21-27(6)13-10-20-25(3,4)11-7-12-26(20,5)22(27)14-23(32-17(2)30)28(21)15-19(31)24(18)28/h8,19-24,31H,7,9-15H2,1-6H3/t19-,20-,21+,22+,23+,24-,26+,27+,28-/m1/s1. The average Bonchev–Trinajstić information content (AvgIpc) is 2.66. The van der Waals surface area contributed by atoms with Crippen LogP contribution in [-0.4, -0.2) is 29.1 Å². The average molecular weight is 443 g/mol. The number of hydrogen-bond acceptors (Lipinski definition) is 4. The van der Waals surface area contributed by atoms with Crippen LogP contribution in [0.1, 0.15) is 92.9 Å². The van der Waals surface area contributed by atoms with Crippen LogP contribution < -0.4 is 0 Å². The maximum Gasteiger partial charge on any atom is 0.302 e. The lowest BCUT2D eigenvalue weighted by Gasteiger charge is -2.74. The Morgan fingerprint density at radius 3 is 2.31 bits per heavy atom. The summed E-state index contributed by atoms with van der Waals surface area (Å²) in [6.45, 7) is 13.1. The summed E-state index contributed by atoms with van der Waals surface area (Å²) in [5.41, 5.74) is 1.23. The van der Waals surface area contributed by atoms with E-state index in [-0.39, 0.29) is 40.0 Å². The van der Waals surface area contributed by atoms with Crippen molar-refractivity contribution in [3.8, 4) is 0 Å². The van der Waals surface area contributed by atoms with E-state index in [1.165, 1.54) is 39.0 Å². The van der Waals surface area contributed by atoms with Crippen LogP contribution >= 0.6 is 0 Å². The van der Waals surface area contributed by atoms with E-state index in [1.54, 1.807) is 6.92 Å². The number of esters is 1. The molecular weight excluding hydrogens is 400 g/mol. The van der Waals surface area contributed by atoms with Gasteiger partial charge in [-0.1, -0.05) is 40.2 Å². The van der Waals surface area contributed by atoms with E-state index in [9.17, 15) is 14.7 Å². The van der Waals surface area contributed by atoms with Crippen LogP contribution in [0.2, 0.25) is 0 Å². The molecule has 0 amide bonds. The van der Waals surface area contributed by atoms with E-state index in [0.717, 1.165) is 18.4 Å². The third-order valence-corrected chi connectivity index (χ3v) is 11.5. The smallest absolute Gasteiger partial charge is 0.302 e. The number of aliphatic hydroxyl groups is 1. The van der Waals surface area contributed by atoms with E-state index in [2.05, 4.69) is 33.8 Å². The third kappa shape index (κ3) is 2.71. The fraction of sp³-hybridized carbons (Fsp3) is 0.857. The zero-order chi connectivity index (χ0) is 23.3. The Hall–Kier alpha value is -1.16. The molecule has 0 aromatic rings. The Labute approximate surface area is 193 Å². The van der Waals surface area contributed by atoms with Crippen molar-refractivity contribution >= 4 is 11.8 Å². The first-order valence-electron chi connectivity index (χ1n) is 12.9. The van der Waals surface area contributed by atoms with Crippen molar-refractivity contribution in [1.82, 2.24) is 0 Å². The monoisotopic (exact) mass is 442 g/mol. The maximum atomic E-state index is 12.5. The third-order valence-electron chi connectivity index (χ3n) is 11.5. The molecule has 1 N–H and O–H groups in total. The lowest BCUT2D eigenvalue weighted by molar-refractivity contribution is -0.287. The van der Waals surface area contributed by atoms with Gasteiger partial charge in [-0.25, -0.2) is 0 Å². The molecule has 0 bridgehead atoms. The molecule has 5 rings (SSSR count). The lowest BCUT2D eigenvalue weighted by Crippen LogP contribution is -2.73. The van der Waals surface area contributed by atoms with Crippen molar-refractivity contribution in [3.63, 3.8) is 0 Å². The Balaban J connectivity index is 1.63. The van der Waals surface area contributed by atoms with Crippen molar-refractivity contribution in [2.45, 2.75) is 105 Å². The molecule has 32 heavy (non-hydrogen) atoms. The number of carbonyl (C=O) groups is 2. The summed E-state index contributed by atoms with van der Waals surface area (Å²) in [5.74, 6) is 1.19. The molecule has 178 valence electrons. The summed E-state index contributed by atoms with van der Waals surface area (Å²) >= 11 is 0. The lowest BCUT2D eigenvalue weighted by atomic mass is 9.31. The minimum absolute atomic E-state index is 0.0603. The molecule has 4 fully saturated rings. The van der Waals surface area contributed by atoms with E-state index in [4.69, 9.17) is 4.74 Å². The first-order chi connectivity index (χ1) is 14.9. The highest BCUT2D eigenvalue weighted by molar-refractivity contribution is 5.94. The van der Waals surface area contributed by atoms with Gasteiger partial charge in [0.05, 0.1) is 6.10 Å². The van der Waals surface area contributed by atoms with Crippen LogP contribution in [0.5, 0.6) is 0 Å². The Morgan fingerprint density at radius 1 is 1.00 bits per heavy atom. The van der Waals surface area contributed by atoms with Gasteiger partial charge in [0.2, 0.25) is 0 Å². The predicted molar refractivity (Wildman–Crippen MR) is 124 cm³/mol. The number of ether oxygens (including phenoxy) is 1. The highest BCUT2D eigenvalue weighted by Crippen LogP contribution is 2.76. The number of ketones is 1. The Bertz CT molecular complexity index is 873. The number of aliphatic hydroxyl groups excluding tert-OH is 1. The summed E-state index contributed by atoms with van der Waals surface area (Å²) in [4.78, 5) is 24.8. The highest BCUT2D eigenvalue weighted by Gasteiger charge is 2.74. The van der Waals surface area contributed by atoms with Crippen molar-refractivity contribution in [1.29, 1.82) is 0 Å². The van der Waals surface area contributed by atoms with E-state index in [0.29, 0.717) is 29.6 Å². The van der Waals surface area contributed by atoms with Crippen LogP contribution in [-0.2, 0) is 14.3 Å². The summed E-state index contributed by atoms with van der Waals surface area (Å²) in [7, 11) is 0. The number of fused-ring (bicyclic) bond motifs is 4. The maximum absolute atomic E-state index is 12.5. The zero-order valence-electron chi connectivity index (χ0n) is 20.9. The molecule has 4 nitrogen and oxygen atoms in total. The molecule has 4 heteroatoms. The molecule has 0 aliphatic heterocycles. The molecule has 0 radical (unpaired) electrons. The summed E-state index contributed by atoms with van der Waals surface area (Å²) < 4.78 is 6.14. The Kier molecular flexibility index (Phi) is 4.90. The van der Waals surface area contributed by atoms with Crippen LogP contribution in [0.25, 0.3) is 0 Å². The molecule has 5 aliphatic carbocycles. The predicted octanol–water partition coefficient (Wildman–Crippen LogP) is 5.47. The van der Waals surface area contributed by atoms with E-state index < -0.39 is 6.10 Å². The van der Waals surface area contributed by atoms with Crippen LogP contribution in [0, 0.1) is 45.3 Å². The minimum Gasteiger partial charge on any atom is -0.462 e. The molecule has 0 unspecified atom stereocenters. The first-order valence-corrected chi connectivity index (χ1v) is 12.9. The van der Waals surface area contributed by atoms with E-state index in [1.807, 2.05) is 0 Å². The second-order valence-corrected chi connectivity index (χ2v) is 13.2. The zero-order valence-corrected chi connectivity index (χ0v) is 20.9. The summed E-state index contributed by atoms with van der Waals surface area (Å²) in [6, 6.07) is 0. The quantitative estimate of drug-likeness (QED) is 0.576. The molecule has 4 saturated carbocycles. The number of Topliss-reactive ketones (excluding diaryl/α,β-unsaturated/α-hetero) is 1. The molecule has 0 aromatic carbocycles. The fourth-order valence-corrected chi connectivity index (χ4v) is 10.5.